The van der Waals surface area contributed by atoms with Gasteiger partial charge in [-0.15, -0.1) is 0 Å². The molecular weight excluding hydrogens is 522 g/mol. The molecule has 0 saturated heterocycles. The highest BCUT2D eigenvalue weighted by Crippen LogP contribution is 2.51. The summed E-state index contributed by atoms with van der Waals surface area (Å²) in [7, 11) is 0. The van der Waals surface area contributed by atoms with Crippen LogP contribution >= 0.6 is 15.9 Å². The SMILES string of the molecule is CCN(CC)C1CCC(C2(C)Oc3c(Br)cc(C(=O)NCc4c(C)cc(C)[nH]c4=O)c(C)c3O2)CC1. The molecule has 1 aliphatic heterocycles. The van der Waals surface area contributed by atoms with E-state index < -0.39 is 5.79 Å². The van der Waals surface area contributed by atoms with Gasteiger partial charge in [0.15, 0.2) is 11.5 Å². The molecule has 1 aromatic heterocycles. The highest BCUT2D eigenvalue weighted by Gasteiger charge is 2.47. The average Bonchev–Trinajstić information content (AvgIpc) is 3.21. The van der Waals surface area contributed by atoms with Gasteiger partial charge < -0.3 is 24.7 Å². The molecule has 2 heterocycles. The van der Waals surface area contributed by atoms with Gasteiger partial charge >= 0.3 is 0 Å². The molecule has 1 amide bonds. The van der Waals surface area contributed by atoms with Crippen LogP contribution in [-0.4, -0.2) is 40.7 Å². The standard InChI is InChI=1S/C28H38BrN3O4/c1-7-32(8-2)20-11-9-19(10-12-20)28(6)35-24-18(5)21(14-23(29)25(24)36-28)26(33)30-15-22-16(3)13-17(4)31-27(22)34/h13-14,19-20H,7-12,15H2,1-6H3,(H,30,33)(H,31,34). The summed E-state index contributed by atoms with van der Waals surface area (Å²) in [5.41, 5.74) is 3.27. The monoisotopic (exact) mass is 559 g/mol. The van der Waals surface area contributed by atoms with Crippen molar-refractivity contribution < 1.29 is 14.3 Å². The number of amides is 1. The van der Waals surface area contributed by atoms with Crippen LogP contribution in [0.1, 0.15) is 79.2 Å². The van der Waals surface area contributed by atoms with Crippen molar-refractivity contribution in [2.45, 2.75) is 85.6 Å². The smallest absolute Gasteiger partial charge is 0.253 e. The topological polar surface area (TPSA) is 83.7 Å². The summed E-state index contributed by atoms with van der Waals surface area (Å²) in [5, 5.41) is 2.91. The minimum absolute atomic E-state index is 0.152. The fourth-order valence-corrected chi connectivity index (χ4v) is 6.31. The van der Waals surface area contributed by atoms with E-state index in [2.05, 4.69) is 45.0 Å². The molecule has 4 rings (SSSR count). The first-order valence-electron chi connectivity index (χ1n) is 13.0. The predicted molar refractivity (Wildman–Crippen MR) is 145 cm³/mol. The van der Waals surface area contributed by atoms with Crippen LogP contribution in [0.15, 0.2) is 21.4 Å². The highest BCUT2D eigenvalue weighted by molar-refractivity contribution is 9.10. The van der Waals surface area contributed by atoms with Crippen molar-refractivity contribution in [1.29, 1.82) is 0 Å². The lowest BCUT2D eigenvalue weighted by Gasteiger charge is -2.40. The second-order valence-electron chi connectivity index (χ2n) is 10.3. The molecule has 2 aromatic rings. The molecule has 1 saturated carbocycles. The number of aromatic amines is 1. The van der Waals surface area contributed by atoms with E-state index in [4.69, 9.17) is 9.47 Å². The van der Waals surface area contributed by atoms with Crippen LogP contribution in [0.5, 0.6) is 11.5 Å². The molecule has 1 aromatic carbocycles. The van der Waals surface area contributed by atoms with Gasteiger partial charge in [0, 0.05) is 47.8 Å². The Bertz CT molecular complexity index is 1200. The van der Waals surface area contributed by atoms with E-state index in [0.29, 0.717) is 33.1 Å². The van der Waals surface area contributed by atoms with E-state index in [9.17, 15) is 9.59 Å². The summed E-state index contributed by atoms with van der Waals surface area (Å²) >= 11 is 3.60. The van der Waals surface area contributed by atoms with Gasteiger partial charge in [-0.05, 0) is 93.2 Å². The molecule has 36 heavy (non-hydrogen) atoms. The first-order chi connectivity index (χ1) is 17.1. The third kappa shape index (κ3) is 5.07. The number of H-pyrrole nitrogens is 1. The molecule has 1 fully saturated rings. The number of carbonyl (C=O) groups excluding carboxylic acids is 1. The number of rotatable bonds is 7. The maximum absolute atomic E-state index is 13.2. The van der Waals surface area contributed by atoms with Gasteiger partial charge in [-0.2, -0.15) is 0 Å². The maximum Gasteiger partial charge on any atom is 0.253 e. The molecule has 2 aliphatic rings. The van der Waals surface area contributed by atoms with E-state index in [1.165, 1.54) is 0 Å². The number of ether oxygens (including phenoxy) is 2. The number of halogens is 1. The Kier molecular flexibility index (Phi) is 7.86. The predicted octanol–water partition coefficient (Wildman–Crippen LogP) is 5.38. The van der Waals surface area contributed by atoms with Crippen LogP contribution in [-0.2, 0) is 6.54 Å². The largest absolute Gasteiger partial charge is 0.448 e. The number of aromatic nitrogens is 1. The van der Waals surface area contributed by atoms with Gasteiger partial charge in [0.25, 0.3) is 17.3 Å². The number of hydrogen-bond donors (Lipinski definition) is 2. The van der Waals surface area contributed by atoms with Crippen LogP contribution < -0.4 is 20.3 Å². The third-order valence-corrected chi connectivity index (χ3v) is 8.57. The number of carbonyl (C=O) groups is 1. The number of pyridine rings is 1. The number of fused-ring (bicyclic) bond motifs is 1. The van der Waals surface area contributed by atoms with Crippen molar-refractivity contribution in [2.75, 3.05) is 13.1 Å². The fraction of sp³-hybridized carbons (Fsp3) is 0.571. The zero-order chi connectivity index (χ0) is 26.2. The molecule has 1 unspecified atom stereocenters. The van der Waals surface area contributed by atoms with Gasteiger partial charge in [-0.3, -0.25) is 9.59 Å². The third-order valence-electron chi connectivity index (χ3n) is 7.98. The van der Waals surface area contributed by atoms with Crippen LogP contribution in [0.3, 0.4) is 0 Å². The number of nitrogens with zero attached hydrogens (tertiary/aromatic N) is 1. The molecular formula is C28H38BrN3O4. The average molecular weight is 561 g/mol. The first kappa shape index (κ1) is 26.7. The Morgan fingerprint density at radius 2 is 1.75 bits per heavy atom. The summed E-state index contributed by atoms with van der Waals surface area (Å²) < 4.78 is 13.6. The van der Waals surface area contributed by atoms with Crippen molar-refractivity contribution in [2.24, 2.45) is 5.92 Å². The van der Waals surface area contributed by atoms with E-state index in [1.807, 2.05) is 33.8 Å². The van der Waals surface area contributed by atoms with Gasteiger partial charge in [-0.1, -0.05) is 13.8 Å². The summed E-state index contributed by atoms with van der Waals surface area (Å²) in [4.78, 5) is 30.8. The van der Waals surface area contributed by atoms with Gasteiger partial charge in [0.05, 0.1) is 4.47 Å². The number of benzene rings is 1. The quantitative estimate of drug-likeness (QED) is 0.475. The molecule has 7 nitrogen and oxygen atoms in total. The van der Waals surface area contributed by atoms with Crippen LogP contribution in [0.4, 0.5) is 0 Å². The first-order valence-corrected chi connectivity index (χ1v) is 13.8. The highest BCUT2D eigenvalue weighted by atomic mass is 79.9. The molecule has 2 N–H and O–H groups in total. The Morgan fingerprint density at radius 3 is 2.36 bits per heavy atom. The van der Waals surface area contributed by atoms with Crippen molar-refractivity contribution in [1.82, 2.24) is 15.2 Å². The summed E-state index contributed by atoms with van der Waals surface area (Å²) in [6.45, 7) is 14.4. The summed E-state index contributed by atoms with van der Waals surface area (Å²) in [5.74, 6) is 0.532. The lowest BCUT2D eigenvalue weighted by molar-refractivity contribution is -0.124. The molecule has 1 atom stereocenters. The zero-order valence-electron chi connectivity index (χ0n) is 22.2. The van der Waals surface area contributed by atoms with E-state index in [0.717, 1.165) is 55.6 Å². The number of hydrogen-bond acceptors (Lipinski definition) is 5. The molecule has 0 spiro atoms. The van der Waals surface area contributed by atoms with Crippen LogP contribution in [0, 0.1) is 26.7 Å². The number of aryl methyl sites for hydroxylation is 2. The second-order valence-corrected chi connectivity index (χ2v) is 11.1. The lowest BCUT2D eigenvalue weighted by atomic mass is 9.80. The minimum Gasteiger partial charge on any atom is -0.448 e. The van der Waals surface area contributed by atoms with Crippen molar-refractivity contribution in [3.8, 4) is 11.5 Å². The molecule has 8 heteroatoms. The Morgan fingerprint density at radius 1 is 1.11 bits per heavy atom. The Balaban J connectivity index is 1.49. The summed E-state index contributed by atoms with van der Waals surface area (Å²) in [6.07, 6.45) is 4.35. The van der Waals surface area contributed by atoms with Gasteiger partial charge in [0.2, 0.25) is 0 Å². The number of nitrogens with one attached hydrogen (secondary N) is 2. The zero-order valence-corrected chi connectivity index (χ0v) is 23.8. The van der Waals surface area contributed by atoms with Gasteiger partial charge in [-0.25, -0.2) is 0 Å². The fourth-order valence-electron chi connectivity index (χ4n) is 5.82. The van der Waals surface area contributed by atoms with Crippen LogP contribution in [0.25, 0.3) is 0 Å². The minimum atomic E-state index is -0.759. The van der Waals surface area contributed by atoms with Crippen molar-refractivity contribution in [3.05, 3.63) is 54.9 Å². The Hall–Kier alpha value is -2.32. The lowest BCUT2D eigenvalue weighted by Crippen LogP contribution is -2.47. The van der Waals surface area contributed by atoms with E-state index in [-0.39, 0.29) is 23.9 Å². The Labute approximate surface area is 222 Å². The second kappa shape index (κ2) is 10.6. The maximum atomic E-state index is 13.2. The van der Waals surface area contributed by atoms with Crippen LogP contribution in [0.2, 0.25) is 0 Å². The molecule has 1 aliphatic carbocycles. The summed E-state index contributed by atoms with van der Waals surface area (Å²) in [6, 6.07) is 4.31. The molecule has 0 bridgehead atoms. The van der Waals surface area contributed by atoms with E-state index in [1.54, 1.807) is 6.07 Å². The molecule has 0 radical (unpaired) electrons. The molecule has 196 valence electrons. The van der Waals surface area contributed by atoms with Crippen molar-refractivity contribution in [3.63, 3.8) is 0 Å². The normalized spacial score (nSPS) is 23.2. The van der Waals surface area contributed by atoms with Crippen molar-refractivity contribution >= 4 is 21.8 Å². The van der Waals surface area contributed by atoms with Gasteiger partial charge in [0.1, 0.15) is 0 Å². The van der Waals surface area contributed by atoms with E-state index >= 15 is 0 Å².